The molecule has 1 fully saturated rings. The first-order valence-electron chi connectivity index (χ1n) is 6.69. The lowest BCUT2D eigenvalue weighted by Gasteiger charge is -2.20. The van der Waals surface area contributed by atoms with Crippen molar-refractivity contribution in [1.82, 2.24) is 4.98 Å². The predicted molar refractivity (Wildman–Crippen MR) is 72.0 cm³/mol. The van der Waals surface area contributed by atoms with E-state index in [2.05, 4.69) is 10.3 Å². The van der Waals surface area contributed by atoms with Crippen LogP contribution in [0.1, 0.15) is 50.8 Å². The average Bonchev–Trinajstić information content (AvgIpc) is 2.40. The lowest BCUT2D eigenvalue weighted by atomic mass is 9.88. The third-order valence-corrected chi connectivity index (χ3v) is 3.49. The van der Waals surface area contributed by atoms with Gasteiger partial charge in [0.05, 0.1) is 5.69 Å². The van der Waals surface area contributed by atoms with Crippen LogP contribution in [-0.2, 0) is 4.79 Å². The smallest absolute Gasteiger partial charge is 0.227 e. The Morgan fingerprint density at radius 3 is 2.83 bits per heavy atom. The highest BCUT2D eigenvalue weighted by atomic mass is 16.1. The number of pyridine rings is 1. The number of carbonyl (C=O) groups is 1. The summed E-state index contributed by atoms with van der Waals surface area (Å²) in [5, 5.41) is 2.97. The summed E-state index contributed by atoms with van der Waals surface area (Å²) in [5.41, 5.74) is 7.38. The minimum atomic E-state index is -0.114. The molecule has 0 aromatic carbocycles. The molecule has 0 aliphatic heterocycles. The Balaban J connectivity index is 1.99. The quantitative estimate of drug-likeness (QED) is 0.862. The fraction of sp³-hybridized carbons (Fsp3) is 0.571. The molecule has 1 amide bonds. The van der Waals surface area contributed by atoms with Crippen LogP contribution < -0.4 is 11.1 Å². The zero-order valence-corrected chi connectivity index (χ0v) is 10.9. The number of hydrogen-bond acceptors (Lipinski definition) is 3. The van der Waals surface area contributed by atoms with Crippen LogP contribution in [0.2, 0.25) is 0 Å². The van der Waals surface area contributed by atoms with Crippen LogP contribution >= 0.6 is 0 Å². The molecule has 1 aromatic rings. The lowest BCUT2D eigenvalue weighted by Crippen LogP contribution is -2.24. The number of hydrogen-bond donors (Lipinski definition) is 2. The molecule has 98 valence electrons. The zero-order chi connectivity index (χ0) is 13.0. The normalized spacial score (nSPS) is 18.3. The van der Waals surface area contributed by atoms with Crippen molar-refractivity contribution in [3.63, 3.8) is 0 Å². The maximum Gasteiger partial charge on any atom is 0.227 e. The van der Waals surface area contributed by atoms with Crippen LogP contribution in [0.4, 0.5) is 5.69 Å². The molecule has 1 saturated carbocycles. The molecule has 0 saturated heterocycles. The Bertz CT molecular complexity index is 411. The lowest BCUT2D eigenvalue weighted by molar-refractivity contribution is -0.120. The van der Waals surface area contributed by atoms with Crippen molar-refractivity contribution >= 4 is 11.6 Å². The maximum atomic E-state index is 12.1. The summed E-state index contributed by atoms with van der Waals surface area (Å²) < 4.78 is 0. The molecule has 1 aromatic heterocycles. The first kappa shape index (κ1) is 13.0. The van der Waals surface area contributed by atoms with Gasteiger partial charge in [0.1, 0.15) is 0 Å². The highest BCUT2D eigenvalue weighted by Gasteiger charge is 2.21. The average molecular weight is 247 g/mol. The highest BCUT2D eigenvalue weighted by molar-refractivity contribution is 5.92. The van der Waals surface area contributed by atoms with E-state index in [1.54, 1.807) is 6.20 Å². The van der Waals surface area contributed by atoms with E-state index in [4.69, 9.17) is 5.73 Å². The number of nitrogens with zero attached hydrogens (tertiary/aromatic N) is 1. The molecule has 3 N–H and O–H groups in total. The molecule has 18 heavy (non-hydrogen) atoms. The van der Waals surface area contributed by atoms with Gasteiger partial charge in [-0.1, -0.05) is 19.3 Å². The third-order valence-electron chi connectivity index (χ3n) is 3.49. The maximum absolute atomic E-state index is 12.1. The standard InChI is InChI=1S/C14H21N3O/c1-10(15)13-9-12(7-8-16-13)17-14(18)11-5-3-2-4-6-11/h7-11H,2-6,15H2,1H3,(H,16,17,18). The van der Waals surface area contributed by atoms with Gasteiger partial charge in [-0.05, 0) is 31.9 Å². The highest BCUT2D eigenvalue weighted by Crippen LogP contribution is 2.25. The van der Waals surface area contributed by atoms with Gasteiger partial charge in [0, 0.05) is 23.8 Å². The van der Waals surface area contributed by atoms with Gasteiger partial charge in [-0.25, -0.2) is 0 Å². The number of anilines is 1. The minimum absolute atomic E-state index is 0.114. The van der Waals surface area contributed by atoms with E-state index >= 15 is 0 Å². The Kier molecular flexibility index (Phi) is 4.31. The molecule has 2 rings (SSSR count). The Hall–Kier alpha value is -1.42. The molecule has 4 nitrogen and oxygen atoms in total. The number of amides is 1. The van der Waals surface area contributed by atoms with E-state index in [1.807, 2.05) is 19.1 Å². The van der Waals surface area contributed by atoms with Crippen molar-refractivity contribution in [3.8, 4) is 0 Å². The second-order valence-electron chi connectivity index (χ2n) is 5.08. The Morgan fingerprint density at radius 1 is 1.44 bits per heavy atom. The molecular formula is C14H21N3O. The van der Waals surface area contributed by atoms with E-state index in [0.29, 0.717) is 0 Å². The van der Waals surface area contributed by atoms with E-state index < -0.39 is 0 Å². The van der Waals surface area contributed by atoms with Crippen molar-refractivity contribution in [2.45, 2.75) is 45.1 Å². The monoisotopic (exact) mass is 247 g/mol. The van der Waals surface area contributed by atoms with Crippen molar-refractivity contribution in [2.75, 3.05) is 5.32 Å². The fourth-order valence-corrected chi connectivity index (χ4v) is 2.38. The summed E-state index contributed by atoms with van der Waals surface area (Å²) in [4.78, 5) is 16.3. The summed E-state index contributed by atoms with van der Waals surface area (Å²) in [6, 6.07) is 3.55. The van der Waals surface area contributed by atoms with Crippen molar-refractivity contribution < 1.29 is 4.79 Å². The predicted octanol–water partition coefficient (Wildman–Crippen LogP) is 2.62. The van der Waals surface area contributed by atoms with Crippen LogP contribution in [0.3, 0.4) is 0 Å². The van der Waals surface area contributed by atoms with E-state index in [9.17, 15) is 4.79 Å². The van der Waals surface area contributed by atoms with E-state index in [1.165, 1.54) is 19.3 Å². The first-order valence-corrected chi connectivity index (χ1v) is 6.69. The molecule has 4 heteroatoms. The molecule has 1 aliphatic rings. The van der Waals surface area contributed by atoms with Crippen LogP contribution in [0.25, 0.3) is 0 Å². The number of nitrogens with two attached hydrogens (primary N) is 1. The first-order chi connectivity index (χ1) is 8.66. The molecule has 1 atom stereocenters. The largest absolute Gasteiger partial charge is 0.326 e. The molecule has 1 unspecified atom stereocenters. The second kappa shape index (κ2) is 5.96. The second-order valence-corrected chi connectivity index (χ2v) is 5.08. The molecule has 1 aliphatic carbocycles. The fourth-order valence-electron chi connectivity index (χ4n) is 2.38. The molecule has 0 radical (unpaired) electrons. The summed E-state index contributed by atoms with van der Waals surface area (Å²) in [7, 11) is 0. The van der Waals surface area contributed by atoms with Crippen molar-refractivity contribution in [1.29, 1.82) is 0 Å². The van der Waals surface area contributed by atoms with Gasteiger partial charge in [-0.15, -0.1) is 0 Å². The minimum Gasteiger partial charge on any atom is -0.326 e. The Labute approximate surface area is 108 Å². The molecule has 1 heterocycles. The third kappa shape index (κ3) is 3.29. The number of aromatic nitrogens is 1. The van der Waals surface area contributed by atoms with Gasteiger partial charge in [-0.2, -0.15) is 0 Å². The summed E-state index contributed by atoms with van der Waals surface area (Å²) in [6.07, 6.45) is 7.30. The molecule has 0 bridgehead atoms. The van der Waals surface area contributed by atoms with Gasteiger partial charge < -0.3 is 11.1 Å². The number of carbonyl (C=O) groups excluding carboxylic acids is 1. The van der Waals surface area contributed by atoms with Gasteiger partial charge in [0.2, 0.25) is 5.91 Å². The van der Waals surface area contributed by atoms with Crippen molar-refractivity contribution in [2.24, 2.45) is 11.7 Å². The Morgan fingerprint density at radius 2 is 2.17 bits per heavy atom. The van der Waals surface area contributed by atoms with E-state index in [0.717, 1.165) is 24.2 Å². The van der Waals surface area contributed by atoms with Gasteiger partial charge in [-0.3, -0.25) is 9.78 Å². The number of nitrogens with one attached hydrogen (secondary N) is 1. The van der Waals surface area contributed by atoms with Crippen molar-refractivity contribution in [3.05, 3.63) is 24.0 Å². The topological polar surface area (TPSA) is 68.0 Å². The summed E-state index contributed by atoms with van der Waals surface area (Å²) in [5.74, 6) is 0.308. The van der Waals surface area contributed by atoms with Crippen LogP contribution in [0.5, 0.6) is 0 Å². The number of rotatable bonds is 3. The van der Waals surface area contributed by atoms with Crippen LogP contribution in [0.15, 0.2) is 18.3 Å². The van der Waals surface area contributed by atoms with Crippen LogP contribution in [-0.4, -0.2) is 10.9 Å². The SMILES string of the molecule is CC(N)c1cc(NC(=O)C2CCCCC2)ccn1. The molecule has 0 spiro atoms. The molecular weight excluding hydrogens is 226 g/mol. The van der Waals surface area contributed by atoms with Gasteiger partial charge in [0.15, 0.2) is 0 Å². The van der Waals surface area contributed by atoms with Gasteiger partial charge in [0.25, 0.3) is 0 Å². The van der Waals surface area contributed by atoms with Crippen LogP contribution in [0, 0.1) is 5.92 Å². The van der Waals surface area contributed by atoms with E-state index in [-0.39, 0.29) is 17.9 Å². The zero-order valence-electron chi connectivity index (χ0n) is 10.9. The summed E-state index contributed by atoms with van der Waals surface area (Å²) >= 11 is 0. The summed E-state index contributed by atoms with van der Waals surface area (Å²) in [6.45, 7) is 1.88. The van der Waals surface area contributed by atoms with Gasteiger partial charge >= 0.3 is 0 Å².